The summed E-state index contributed by atoms with van der Waals surface area (Å²) in [5.74, 6) is 3.51. The van der Waals surface area contributed by atoms with Crippen molar-refractivity contribution < 1.29 is 0 Å². The second-order valence-corrected chi connectivity index (χ2v) is 2.32. The molecule has 0 aliphatic carbocycles. The molecule has 0 aromatic carbocycles. The van der Waals surface area contributed by atoms with E-state index in [0.717, 1.165) is 0 Å². The van der Waals surface area contributed by atoms with E-state index in [9.17, 15) is 0 Å². The van der Waals surface area contributed by atoms with E-state index < -0.39 is 6.71 Å². The van der Waals surface area contributed by atoms with Gasteiger partial charge in [-0.1, -0.05) is 6.82 Å². The molecule has 0 heterocycles. The lowest BCUT2D eigenvalue weighted by Gasteiger charge is -1.90. The highest BCUT2D eigenvalue weighted by Crippen LogP contribution is 1.67. The second kappa shape index (κ2) is 8.00. The van der Waals surface area contributed by atoms with Gasteiger partial charge in [-0.25, -0.2) is 10.5 Å². The summed E-state index contributed by atoms with van der Waals surface area (Å²) in [5.41, 5.74) is 0. The SMILES string of the molecule is CB(C#N)C#N.CN(C)C. The van der Waals surface area contributed by atoms with E-state index in [-0.39, 0.29) is 0 Å². The molecular formula is C6H12BN3. The molecule has 0 aliphatic rings. The summed E-state index contributed by atoms with van der Waals surface area (Å²) in [5, 5.41) is 15.7. The van der Waals surface area contributed by atoms with Crippen molar-refractivity contribution >= 4 is 6.71 Å². The largest absolute Gasteiger partial charge is 0.383 e. The fourth-order valence-corrected chi connectivity index (χ4v) is 0.0289. The van der Waals surface area contributed by atoms with E-state index in [4.69, 9.17) is 10.5 Å². The van der Waals surface area contributed by atoms with Crippen LogP contribution in [0.5, 0.6) is 0 Å². The molecule has 0 saturated carbocycles. The molecule has 0 amide bonds. The summed E-state index contributed by atoms with van der Waals surface area (Å²) in [6.45, 7) is 1.10. The Morgan fingerprint density at radius 2 is 1.30 bits per heavy atom. The minimum Gasteiger partial charge on any atom is -0.312 e. The molecule has 0 bridgehead atoms. The van der Waals surface area contributed by atoms with Gasteiger partial charge in [-0.2, -0.15) is 0 Å². The molecule has 0 aliphatic heterocycles. The highest BCUT2D eigenvalue weighted by molar-refractivity contribution is 6.72. The van der Waals surface area contributed by atoms with Crippen molar-refractivity contribution in [2.24, 2.45) is 0 Å². The monoisotopic (exact) mass is 137 g/mol. The van der Waals surface area contributed by atoms with Gasteiger partial charge in [-0.3, -0.25) is 0 Å². The van der Waals surface area contributed by atoms with Crippen molar-refractivity contribution in [2.75, 3.05) is 21.1 Å². The van der Waals surface area contributed by atoms with Crippen molar-refractivity contribution in [1.29, 1.82) is 10.5 Å². The van der Waals surface area contributed by atoms with Crippen molar-refractivity contribution in [2.45, 2.75) is 6.82 Å². The van der Waals surface area contributed by atoms with Gasteiger partial charge in [-0.15, -0.1) is 0 Å². The third-order valence-electron chi connectivity index (χ3n) is 0.387. The molecule has 54 valence electrons. The Hall–Kier alpha value is -0.995. The van der Waals surface area contributed by atoms with Crippen molar-refractivity contribution in [3.8, 4) is 11.9 Å². The van der Waals surface area contributed by atoms with Gasteiger partial charge in [0.15, 0.2) is 0 Å². The summed E-state index contributed by atoms with van der Waals surface area (Å²) >= 11 is 0. The quantitative estimate of drug-likeness (QED) is 0.454. The van der Waals surface area contributed by atoms with Crippen molar-refractivity contribution in [3.05, 3.63) is 0 Å². The van der Waals surface area contributed by atoms with Crippen LogP contribution >= 0.6 is 0 Å². The topological polar surface area (TPSA) is 50.8 Å². The maximum Gasteiger partial charge on any atom is 0.383 e. The van der Waals surface area contributed by atoms with E-state index in [2.05, 4.69) is 0 Å². The first-order valence-electron chi connectivity index (χ1n) is 2.94. The van der Waals surface area contributed by atoms with Crippen molar-refractivity contribution in [3.63, 3.8) is 0 Å². The molecule has 0 saturated heterocycles. The average molecular weight is 137 g/mol. The number of nitrogens with zero attached hydrogens (tertiary/aromatic N) is 3. The second-order valence-electron chi connectivity index (χ2n) is 2.32. The Bertz CT molecular complexity index is 125. The van der Waals surface area contributed by atoms with E-state index in [1.54, 1.807) is 18.8 Å². The normalized spacial score (nSPS) is 6.70. The molecule has 0 rings (SSSR count). The highest BCUT2D eigenvalue weighted by Gasteiger charge is 1.98. The Balaban J connectivity index is 0. The molecule has 0 unspecified atom stereocenters. The number of nitriles is 2. The molecule has 0 atom stereocenters. The molecule has 0 N–H and O–H groups in total. The lowest BCUT2D eigenvalue weighted by Crippen LogP contribution is -1.99. The summed E-state index contributed by atoms with van der Waals surface area (Å²) in [4.78, 5) is 2.00. The summed E-state index contributed by atoms with van der Waals surface area (Å²) in [7, 11) is 6.00. The third kappa shape index (κ3) is 28.0. The van der Waals surface area contributed by atoms with E-state index >= 15 is 0 Å². The fraction of sp³-hybridized carbons (Fsp3) is 0.667. The van der Waals surface area contributed by atoms with Gasteiger partial charge in [0.25, 0.3) is 0 Å². The predicted molar refractivity (Wildman–Crippen MR) is 42.5 cm³/mol. The van der Waals surface area contributed by atoms with Gasteiger partial charge in [0.2, 0.25) is 0 Å². The minimum absolute atomic E-state index is 0.454. The number of hydrogen-bond donors (Lipinski definition) is 0. The van der Waals surface area contributed by atoms with Crippen LogP contribution in [0.3, 0.4) is 0 Å². The van der Waals surface area contributed by atoms with Crippen LogP contribution in [0, 0.1) is 22.5 Å². The standard InChI is InChI=1S/C3H3BN2.C3H9N/c1-4(2-5)3-6;1-4(2)3/h1H3;1-3H3. The zero-order valence-electron chi connectivity index (χ0n) is 6.92. The van der Waals surface area contributed by atoms with Crippen LogP contribution in [0.1, 0.15) is 0 Å². The first-order chi connectivity index (χ1) is 4.54. The fourth-order valence-electron chi connectivity index (χ4n) is 0.0289. The maximum atomic E-state index is 7.86. The molecule has 0 radical (unpaired) electrons. The van der Waals surface area contributed by atoms with Gasteiger partial charge in [0.05, 0.1) is 0 Å². The highest BCUT2D eigenvalue weighted by atomic mass is 15.0. The van der Waals surface area contributed by atoms with E-state index in [0.29, 0.717) is 0 Å². The smallest absolute Gasteiger partial charge is 0.312 e. The van der Waals surface area contributed by atoms with Gasteiger partial charge in [0.1, 0.15) is 0 Å². The van der Waals surface area contributed by atoms with Crippen LogP contribution in [0.2, 0.25) is 6.82 Å². The molecule has 0 aromatic rings. The van der Waals surface area contributed by atoms with Gasteiger partial charge >= 0.3 is 6.71 Å². The molecular weight excluding hydrogens is 125 g/mol. The molecule has 0 fully saturated rings. The Morgan fingerprint density at radius 3 is 1.30 bits per heavy atom. The van der Waals surface area contributed by atoms with Gasteiger partial charge in [-0.05, 0) is 21.1 Å². The third-order valence-corrected chi connectivity index (χ3v) is 0.387. The molecule has 4 heteroatoms. The van der Waals surface area contributed by atoms with Crippen LogP contribution in [0.4, 0.5) is 0 Å². The zero-order chi connectivity index (χ0) is 8.57. The first-order valence-corrected chi connectivity index (χ1v) is 2.94. The summed E-state index contributed by atoms with van der Waals surface area (Å²) < 4.78 is 0. The zero-order valence-corrected chi connectivity index (χ0v) is 6.92. The Morgan fingerprint density at radius 1 is 1.10 bits per heavy atom. The van der Waals surface area contributed by atoms with Crippen molar-refractivity contribution in [1.82, 2.24) is 4.90 Å². The molecule has 10 heavy (non-hydrogen) atoms. The molecule has 0 aromatic heterocycles. The molecule has 3 nitrogen and oxygen atoms in total. The predicted octanol–water partition coefficient (Wildman–Crippen LogP) is 0.414. The van der Waals surface area contributed by atoms with E-state index in [1.807, 2.05) is 26.0 Å². The molecule has 0 spiro atoms. The van der Waals surface area contributed by atoms with Crippen LogP contribution in [-0.2, 0) is 0 Å². The lowest BCUT2D eigenvalue weighted by atomic mass is 9.56. The average Bonchev–Trinajstić information content (AvgIpc) is 1.85. The van der Waals surface area contributed by atoms with E-state index in [1.165, 1.54) is 0 Å². The Labute approximate surface area is 62.9 Å². The van der Waals surface area contributed by atoms with Gasteiger partial charge < -0.3 is 4.90 Å². The van der Waals surface area contributed by atoms with Crippen LogP contribution in [0.15, 0.2) is 0 Å². The summed E-state index contributed by atoms with van der Waals surface area (Å²) in [6.07, 6.45) is 0. The number of hydrogen-bond acceptors (Lipinski definition) is 3. The summed E-state index contributed by atoms with van der Waals surface area (Å²) in [6, 6.07) is 0. The first kappa shape index (κ1) is 11.8. The maximum absolute atomic E-state index is 7.86. The van der Waals surface area contributed by atoms with Crippen LogP contribution in [-0.4, -0.2) is 32.8 Å². The van der Waals surface area contributed by atoms with Crippen LogP contribution < -0.4 is 0 Å². The van der Waals surface area contributed by atoms with Gasteiger partial charge in [0, 0.05) is 11.9 Å². The number of rotatable bonds is 0. The Kier molecular flexibility index (Phi) is 9.41. The minimum atomic E-state index is -0.454. The lowest BCUT2D eigenvalue weighted by molar-refractivity contribution is 0.505. The van der Waals surface area contributed by atoms with Crippen LogP contribution in [0.25, 0.3) is 0 Å².